The van der Waals surface area contributed by atoms with Crippen LogP contribution in [0, 0.1) is 19.7 Å². The summed E-state index contributed by atoms with van der Waals surface area (Å²) in [5, 5.41) is 10.6. The van der Waals surface area contributed by atoms with E-state index in [1.807, 2.05) is 39.8 Å². The van der Waals surface area contributed by atoms with E-state index in [-0.39, 0.29) is 40.7 Å². The zero-order chi connectivity index (χ0) is 30.7. The SMILES string of the molecule is C=CC(=O)N1CCN(C(=NC)c2cc(C)c(-c3c(O)cccc3F)nc2N(C=O)c2c(C)ccnc2C(C)C)C(C)C1. The number of hydrogen-bond donors (Lipinski definition) is 1. The van der Waals surface area contributed by atoms with Crippen LogP contribution in [0.15, 0.2) is 54.2 Å². The first-order valence-electron chi connectivity index (χ1n) is 13.9. The second-order valence-corrected chi connectivity index (χ2v) is 10.7. The standard InChI is InChI=1S/C32H37FN6O3/c1-8-26(42)37-14-15-38(22(6)17-37)31(34-7)23-16-21(5)29(27-24(33)10-9-11-25(27)41)36-32(23)39(18-40)30-20(4)12-13-35-28(30)19(2)3/h8-13,16,18-19,22,41H,1,14-15,17H2,2-7H3. The van der Waals surface area contributed by atoms with Crippen molar-refractivity contribution in [3.05, 3.63) is 77.4 Å². The molecule has 1 fully saturated rings. The second kappa shape index (κ2) is 12.5. The van der Waals surface area contributed by atoms with Crippen molar-refractivity contribution in [3.63, 3.8) is 0 Å². The van der Waals surface area contributed by atoms with E-state index in [9.17, 15) is 14.7 Å². The number of halogens is 1. The van der Waals surface area contributed by atoms with E-state index in [1.165, 1.54) is 29.2 Å². The lowest BCUT2D eigenvalue weighted by Gasteiger charge is -2.41. The molecule has 1 saturated heterocycles. The summed E-state index contributed by atoms with van der Waals surface area (Å²) in [4.78, 5) is 44.6. The number of carbonyl (C=O) groups excluding carboxylic acids is 2. The normalized spacial score (nSPS) is 15.6. The molecule has 1 aromatic carbocycles. The quantitative estimate of drug-likeness (QED) is 0.183. The molecule has 1 unspecified atom stereocenters. The Kier molecular flexibility index (Phi) is 9.04. The van der Waals surface area contributed by atoms with Crippen LogP contribution in [0.1, 0.15) is 49.1 Å². The third kappa shape index (κ3) is 5.61. The Hall–Kier alpha value is -4.60. The molecule has 1 N–H and O–H groups in total. The van der Waals surface area contributed by atoms with E-state index >= 15 is 4.39 Å². The average Bonchev–Trinajstić information content (AvgIpc) is 2.96. The molecule has 1 aliphatic rings. The molecule has 2 aromatic heterocycles. The third-order valence-corrected chi connectivity index (χ3v) is 7.54. The Balaban J connectivity index is 1.98. The molecule has 0 spiro atoms. The van der Waals surface area contributed by atoms with Gasteiger partial charge in [0.25, 0.3) is 0 Å². The lowest BCUT2D eigenvalue weighted by Crippen LogP contribution is -2.55. The van der Waals surface area contributed by atoms with Crippen LogP contribution in [-0.4, -0.2) is 75.8 Å². The summed E-state index contributed by atoms with van der Waals surface area (Å²) < 4.78 is 15.1. The number of phenols is 1. The predicted octanol–water partition coefficient (Wildman–Crippen LogP) is 5.12. The Morgan fingerprint density at radius 3 is 2.57 bits per heavy atom. The van der Waals surface area contributed by atoms with Crippen LogP contribution in [0.25, 0.3) is 11.3 Å². The van der Waals surface area contributed by atoms with E-state index in [1.54, 1.807) is 25.1 Å². The van der Waals surface area contributed by atoms with Gasteiger partial charge < -0.3 is 14.9 Å². The van der Waals surface area contributed by atoms with Crippen LogP contribution in [0.3, 0.4) is 0 Å². The van der Waals surface area contributed by atoms with Crippen LogP contribution < -0.4 is 4.90 Å². The number of benzene rings is 1. The highest BCUT2D eigenvalue weighted by Crippen LogP contribution is 2.39. The van der Waals surface area contributed by atoms with Gasteiger partial charge in [0.2, 0.25) is 12.3 Å². The Morgan fingerprint density at radius 1 is 1.24 bits per heavy atom. The molecule has 10 heteroatoms. The Labute approximate surface area is 246 Å². The number of amides is 2. The van der Waals surface area contributed by atoms with Crippen molar-refractivity contribution in [2.24, 2.45) is 4.99 Å². The van der Waals surface area contributed by atoms with Crippen molar-refractivity contribution < 1.29 is 19.1 Å². The summed E-state index contributed by atoms with van der Waals surface area (Å²) in [5.41, 5.74) is 3.37. The lowest BCUT2D eigenvalue weighted by atomic mass is 10.00. The molecular weight excluding hydrogens is 535 g/mol. The van der Waals surface area contributed by atoms with Gasteiger partial charge in [-0.05, 0) is 68.2 Å². The van der Waals surface area contributed by atoms with E-state index in [2.05, 4.69) is 21.5 Å². The largest absolute Gasteiger partial charge is 0.507 e. The lowest BCUT2D eigenvalue weighted by molar-refractivity contribution is -0.128. The minimum absolute atomic E-state index is 0.0128. The minimum atomic E-state index is -0.636. The zero-order valence-corrected chi connectivity index (χ0v) is 24.9. The maximum atomic E-state index is 15.1. The first kappa shape index (κ1) is 30.4. The number of aromatic nitrogens is 2. The molecule has 0 aliphatic carbocycles. The predicted molar refractivity (Wildman–Crippen MR) is 163 cm³/mol. The fourth-order valence-electron chi connectivity index (χ4n) is 5.47. The van der Waals surface area contributed by atoms with Crippen molar-refractivity contribution in [2.45, 2.75) is 46.6 Å². The molecule has 0 radical (unpaired) electrons. The fraction of sp³-hybridized carbons (Fsp3) is 0.344. The van der Waals surface area contributed by atoms with Gasteiger partial charge >= 0.3 is 0 Å². The number of aromatic hydroxyl groups is 1. The summed E-state index contributed by atoms with van der Waals surface area (Å²) in [7, 11) is 1.67. The average molecular weight is 573 g/mol. The van der Waals surface area contributed by atoms with E-state index in [0.29, 0.717) is 54.4 Å². The molecule has 1 atom stereocenters. The summed E-state index contributed by atoms with van der Waals surface area (Å²) in [6.07, 6.45) is 3.69. The molecular formula is C32H37FN6O3. The van der Waals surface area contributed by atoms with Gasteiger partial charge in [-0.2, -0.15) is 0 Å². The molecule has 2 amide bonds. The van der Waals surface area contributed by atoms with Crippen LogP contribution in [-0.2, 0) is 9.59 Å². The molecule has 1 aliphatic heterocycles. The number of amidine groups is 1. The molecule has 0 saturated carbocycles. The number of nitrogens with zero attached hydrogens (tertiary/aromatic N) is 6. The Bertz CT molecular complexity index is 1530. The molecule has 4 rings (SSSR count). The second-order valence-electron chi connectivity index (χ2n) is 10.7. The molecule has 3 heterocycles. The van der Waals surface area contributed by atoms with Gasteiger partial charge in [-0.1, -0.05) is 26.5 Å². The minimum Gasteiger partial charge on any atom is -0.507 e. The fourth-order valence-corrected chi connectivity index (χ4v) is 5.47. The van der Waals surface area contributed by atoms with Crippen molar-refractivity contribution in [3.8, 4) is 17.0 Å². The topological polar surface area (TPSA) is 102 Å². The number of piperazine rings is 1. The zero-order valence-electron chi connectivity index (χ0n) is 24.9. The van der Waals surface area contributed by atoms with E-state index < -0.39 is 5.82 Å². The number of pyridine rings is 2. The number of hydrogen-bond acceptors (Lipinski definition) is 6. The number of aliphatic imine (C=N–C) groups is 1. The summed E-state index contributed by atoms with van der Waals surface area (Å²) in [5.74, 6) is -0.247. The molecule has 220 valence electrons. The monoisotopic (exact) mass is 572 g/mol. The van der Waals surface area contributed by atoms with Gasteiger partial charge in [-0.25, -0.2) is 9.37 Å². The number of anilines is 2. The highest BCUT2D eigenvalue weighted by Gasteiger charge is 2.32. The van der Waals surface area contributed by atoms with Gasteiger partial charge in [-0.15, -0.1) is 0 Å². The molecule has 3 aromatic rings. The highest BCUT2D eigenvalue weighted by atomic mass is 19.1. The number of phenolic OH excluding ortho intramolecular Hbond substituents is 1. The van der Waals surface area contributed by atoms with Crippen LogP contribution in [0.2, 0.25) is 0 Å². The van der Waals surface area contributed by atoms with Crippen molar-refractivity contribution in [2.75, 3.05) is 31.6 Å². The van der Waals surface area contributed by atoms with Crippen molar-refractivity contribution >= 4 is 29.7 Å². The third-order valence-electron chi connectivity index (χ3n) is 7.54. The highest BCUT2D eigenvalue weighted by molar-refractivity contribution is 6.07. The van der Waals surface area contributed by atoms with Gasteiger partial charge in [0.15, 0.2) is 5.82 Å². The first-order valence-corrected chi connectivity index (χ1v) is 13.9. The number of aryl methyl sites for hydroxylation is 2. The number of rotatable bonds is 7. The van der Waals surface area contributed by atoms with Gasteiger partial charge in [0.05, 0.1) is 28.2 Å². The smallest absolute Gasteiger partial charge is 0.246 e. The Morgan fingerprint density at radius 2 is 1.98 bits per heavy atom. The first-order chi connectivity index (χ1) is 20.0. The van der Waals surface area contributed by atoms with Crippen LogP contribution in [0.5, 0.6) is 5.75 Å². The molecule has 9 nitrogen and oxygen atoms in total. The van der Waals surface area contributed by atoms with E-state index in [4.69, 9.17) is 4.98 Å². The van der Waals surface area contributed by atoms with Crippen molar-refractivity contribution in [1.29, 1.82) is 0 Å². The van der Waals surface area contributed by atoms with Gasteiger partial charge in [-0.3, -0.25) is 24.5 Å². The van der Waals surface area contributed by atoms with Crippen LogP contribution in [0.4, 0.5) is 15.9 Å². The summed E-state index contributed by atoms with van der Waals surface area (Å²) in [6, 6.07) is 7.61. The van der Waals surface area contributed by atoms with Gasteiger partial charge in [0, 0.05) is 38.9 Å². The van der Waals surface area contributed by atoms with Gasteiger partial charge in [0.1, 0.15) is 17.4 Å². The maximum Gasteiger partial charge on any atom is 0.246 e. The molecule has 0 bridgehead atoms. The summed E-state index contributed by atoms with van der Waals surface area (Å²) >= 11 is 0. The van der Waals surface area contributed by atoms with Crippen molar-refractivity contribution in [1.82, 2.24) is 19.8 Å². The van der Waals surface area contributed by atoms with E-state index in [0.717, 1.165) is 5.56 Å². The number of carbonyl (C=O) groups is 2. The summed E-state index contributed by atoms with van der Waals surface area (Å²) in [6.45, 7) is 14.7. The van der Waals surface area contributed by atoms with Crippen LogP contribution >= 0.6 is 0 Å². The maximum absolute atomic E-state index is 15.1. The molecule has 42 heavy (non-hydrogen) atoms.